The van der Waals surface area contributed by atoms with Crippen molar-refractivity contribution < 1.29 is 22.9 Å². The highest BCUT2D eigenvalue weighted by Gasteiger charge is 2.36. The average Bonchev–Trinajstić information content (AvgIpc) is 2.85. The number of sulfone groups is 1. The summed E-state index contributed by atoms with van der Waals surface area (Å²) < 4.78 is 28.3. The third kappa shape index (κ3) is 3.65. The molecule has 0 radical (unpaired) electrons. The molecule has 0 saturated carbocycles. The third-order valence-electron chi connectivity index (χ3n) is 3.82. The van der Waals surface area contributed by atoms with Gasteiger partial charge >= 0.3 is 5.69 Å². The van der Waals surface area contributed by atoms with E-state index in [0.29, 0.717) is 6.42 Å². The second-order valence-corrected chi connectivity index (χ2v) is 7.93. The molecule has 1 saturated heterocycles. The van der Waals surface area contributed by atoms with Crippen LogP contribution >= 0.6 is 0 Å². The lowest BCUT2D eigenvalue weighted by Gasteiger charge is -2.33. The SMILES string of the molecule is COc1ccc(C(=O)N([C@@H]2CCS(=O)(=O)C2)N(C)C)cc1[N+](=O)[O-]. The summed E-state index contributed by atoms with van der Waals surface area (Å²) in [7, 11) is 1.39. The van der Waals surface area contributed by atoms with Crippen LogP contribution in [0.1, 0.15) is 16.8 Å². The van der Waals surface area contributed by atoms with Crippen LogP contribution in [-0.2, 0) is 9.84 Å². The number of nitro groups is 1. The summed E-state index contributed by atoms with van der Waals surface area (Å²) in [6.07, 6.45) is 0.338. The number of rotatable bonds is 5. The minimum absolute atomic E-state index is 0.0258. The number of hydrazine groups is 1. The molecule has 0 aliphatic carbocycles. The Morgan fingerprint density at radius 3 is 2.50 bits per heavy atom. The molecule has 1 aliphatic heterocycles. The summed E-state index contributed by atoms with van der Waals surface area (Å²) in [5, 5.41) is 13.9. The Balaban J connectivity index is 2.37. The van der Waals surface area contributed by atoms with E-state index in [-0.39, 0.29) is 28.5 Å². The number of carbonyl (C=O) groups is 1. The van der Waals surface area contributed by atoms with Crippen LogP contribution in [-0.4, -0.2) is 68.0 Å². The largest absolute Gasteiger partial charge is 0.490 e. The first kappa shape index (κ1) is 18.1. The maximum Gasteiger partial charge on any atom is 0.311 e. The Morgan fingerprint density at radius 2 is 2.04 bits per heavy atom. The van der Waals surface area contributed by atoms with Crippen LogP contribution in [0.3, 0.4) is 0 Å². The molecule has 0 aromatic heterocycles. The maximum absolute atomic E-state index is 12.8. The molecule has 1 fully saturated rings. The molecule has 0 spiro atoms. The summed E-state index contributed by atoms with van der Waals surface area (Å²) in [6.45, 7) is 0. The van der Waals surface area contributed by atoms with Crippen molar-refractivity contribution >= 4 is 21.4 Å². The van der Waals surface area contributed by atoms with Crippen molar-refractivity contribution in [2.24, 2.45) is 0 Å². The van der Waals surface area contributed by atoms with Gasteiger partial charge in [-0.2, -0.15) is 0 Å². The highest BCUT2D eigenvalue weighted by Crippen LogP contribution is 2.29. The van der Waals surface area contributed by atoms with Crippen LogP contribution in [0.15, 0.2) is 18.2 Å². The van der Waals surface area contributed by atoms with Gasteiger partial charge in [-0.25, -0.2) is 13.4 Å². The summed E-state index contributed by atoms with van der Waals surface area (Å²) in [5.74, 6) is -0.531. The van der Waals surface area contributed by atoms with Gasteiger partial charge in [-0.15, -0.1) is 0 Å². The van der Waals surface area contributed by atoms with Crippen molar-refractivity contribution in [3.8, 4) is 5.75 Å². The fraction of sp³-hybridized carbons (Fsp3) is 0.500. The van der Waals surface area contributed by atoms with Gasteiger partial charge in [0.25, 0.3) is 5.91 Å². The summed E-state index contributed by atoms with van der Waals surface area (Å²) in [5.41, 5.74) is -0.221. The lowest BCUT2D eigenvalue weighted by molar-refractivity contribution is -0.385. The Labute approximate surface area is 139 Å². The quantitative estimate of drug-likeness (QED) is 0.564. The van der Waals surface area contributed by atoms with Crippen molar-refractivity contribution in [3.05, 3.63) is 33.9 Å². The van der Waals surface area contributed by atoms with Crippen molar-refractivity contribution in [3.63, 3.8) is 0 Å². The van der Waals surface area contributed by atoms with Crippen LogP contribution in [0.5, 0.6) is 5.75 Å². The Morgan fingerprint density at radius 1 is 1.38 bits per heavy atom. The zero-order valence-electron chi connectivity index (χ0n) is 13.6. The van der Waals surface area contributed by atoms with Gasteiger partial charge in [-0.1, -0.05) is 0 Å². The number of benzene rings is 1. The second kappa shape index (κ2) is 6.73. The molecule has 1 atom stereocenters. The van der Waals surface area contributed by atoms with E-state index in [4.69, 9.17) is 4.74 Å². The predicted octanol–water partition coefficient (Wildman–Crippen LogP) is 0.709. The minimum atomic E-state index is -3.17. The number of carbonyl (C=O) groups excluding carboxylic acids is 1. The van der Waals surface area contributed by atoms with Gasteiger partial charge in [-0.3, -0.25) is 19.9 Å². The Kier molecular flexibility index (Phi) is 5.09. The molecule has 24 heavy (non-hydrogen) atoms. The normalized spacial score (nSPS) is 19.2. The summed E-state index contributed by atoms with van der Waals surface area (Å²) in [6, 6.07) is 3.43. The number of ether oxygens (including phenoxy) is 1. The first-order valence-electron chi connectivity index (χ1n) is 7.20. The van der Waals surface area contributed by atoms with Gasteiger partial charge in [-0.05, 0) is 18.6 Å². The van der Waals surface area contributed by atoms with E-state index in [9.17, 15) is 23.3 Å². The minimum Gasteiger partial charge on any atom is -0.490 e. The zero-order valence-corrected chi connectivity index (χ0v) is 14.4. The number of methoxy groups -OCH3 is 1. The van der Waals surface area contributed by atoms with E-state index in [0.717, 1.165) is 6.07 Å². The fourth-order valence-corrected chi connectivity index (χ4v) is 4.43. The lowest BCUT2D eigenvalue weighted by atomic mass is 10.1. The number of amides is 1. The van der Waals surface area contributed by atoms with E-state index in [2.05, 4.69) is 0 Å². The summed E-state index contributed by atoms with van der Waals surface area (Å²) >= 11 is 0. The van der Waals surface area contributed by atoms with Crippen molar-refractivity contribution in [2.75, 3.05) is 32.7 Å². The predicted molar refractivity (Wildman–Crippen MR) is 86.6 cm³/mol. The molecule has 132 valence electrons. The number of hydrogen-bond acceptors (Lipinski definition) is 7. The first-order chi connectivity index (χ1) is 11.2. The average molecular weight is 357 g/mol. The van der Waals surface area contributed by atoms with E-state index < -0.39 is 26.7 Å². The van der Waals surface area contributed by atoms with Crippen LogP contribution in [0, 0.1) is 10.1 Å². The second-order valence-electron chi connectivity index (χ2n) is 5.70. The topological polar surface area (TPSA) is 110 Å². The number of hydrogen-bond donors (Lipinski definition) is 0. The third-order valence-corrected chi connectivity index (χ3v) is 5.57. The molecule has 0 bridgehead atoms. The number of nitro benzene ring substituents is 1. The van der Waals surface area contributed by atoms with Crippen LogP contribution in [0.2, 0.25) is 0 Å². The molecule has 9 nitrogen and oxygen atoms in total. The molecule has 1 aromatic rings. The molecule has 10 heteroatoms. The monoisotopic (exact) mass is 357 g/mol. The molecular formula is C14H19N3O6S. The molecule has 1 aromatic carbocycles. The van der Waals surface area contributed by atoms with Gasteiger partial charge in [0, 0.05) is 25.7 Å². The lowest BCUT2D eigenvalue weighted by Crippen LogP contribution is -2.49. The van der Waals surface area contributed by atoms with Crippen LogP contribution in [0.4, 0.5) is 5.69 Å². The highest BCUT2D eigenvalue weighted by atomic mass is 32.2. The number of nitrogens with zero attached hydrogens (tertiary/aromatic N) is 3. The maximum atomic E-state index is 12.8. The van der Waals surface area contributed by atoms with E-state index in [1.165, 1.54) is 29.3 Å². The molecule has 0 unspecified atom stereocenters. The molecule has 1 heterocycles. The van der Waals surface area contributed by atoms with Gasteiger partial charge in [0.15, 0.2) is 15.6 Å². The standard InChI is InChI=1S/C14H19N3O6S/c1-15(2)16(11-6-7-24(21,22)9-11)14(18)10-4-5-13(23-3)12(8-10)17(19)20/h4-5,8,11H,6-7,9H2,1-3H3/t11-/m1/s1. The van der Waals surface area contributed by atoms with E-state index >= 15 is 0 Å². The molecule has 1 aliphatic rings. The Hall–Kier alpha value is -2.20. The van der Waals surface area contributed by atoms with Gasteiger partial charge in [0.05, 0.1) is 29.6 Å². The molecule has 0 N–H and O–H groups in total. The van der Waals surface area contributed by atoms with Gasteiger partial charge in [0.1, 0.15) is 0 Å². The van der Waals surface area contributed by atoms with Crippen LogP contribution in [0.25, 0.3) is 0 Å². The van der Waals surface area contributed by atoms with Crippen LogP contribution < -0.4 is 4.74 Å². The molecule has 1 amide bonds. The van der Waals surface area contributed by atoms with Crippen molar-refractivity contribution in [1.82, 2.24) is 10.0 Å². The van der Waals surface area contributed by atoms with Gasteiger partial charge in [0.2, 0.25) is 0 Å². The van der Waals surface area contributed by atoms with E-state index in [1.54, 1.807) is 14.1 Å². The van der Waals surface area contributed by atoms with Crippen molar-refractivity contribution in [1.29, 1.82) is 0 Å². The van der Waals surface area contributed by atoms with Gasteiger partial charge < -0.3 is 4.74 Å². The zero-order chi connectivity index (χ0) is 18.1. The fourth-order valence-electron chi connectivity index (χ4n) is 2.74. The highest BCUT2D eigenvalue weighted by molar-refractivity contribution is 7.91. The smallest absolute Gasteiger partial charge is 0.311 e. The molecule has 2 rings (SSSR count). The first-order valence-corrected chi connectivity index (χ1v) is 9.02. The summed E-state index contributed by atoms with van der Waals surface area (Å²) in [4.78, 5) is 23.3. The Bertz CT molecular complexity index is 762. The molecular weight excluding hydrogens is 338 g/mol. The van der Waals surface area contributed by atoms with Crippen molar-refractivity contribution in [2.45, 2.75) is 12.5 Å². The van der Waals surface area contributed by atoms with E-state index in [1.807, 2.05) is 0 Å².